The van der Waals surface area contributed by atoms with Gasteiger partial charge in [0.15, 0.2) is 11.5 Å². The summed E-state index contributed by atoms with van der Waals surface area (Å²) >= 11 is 0. The van der Waals surface area contributed by atoms with E-state index in [1.807, 2.05) is 38.1 Å². The standard InChI is InChI=1S/C26H35N3O6S/c1-5-7-14-27-26(31)20(4)28(16-21-10-8-19(3)9-11-21)25(30)17-29(36(32,33)6-2)22-12-13-23-24(15-22)35-18-34-23/h8-13,15,20H,5-7,14,16-18H2,1-4H3,(H,27,31)/t20-/m0/s1. The van der Waals surface area contributed by atoms with Crippen LogP contribution in [0.2, 0.25) is 0 Å². The van der Waals surface area contributed by atoms with Gasteiger partial charge in [-0.05, 0) is 44.9 Å². The first-order valence-corrected chi connectivity index (χ1v) is 13.8. The molecule has 3 rings (SSSR count). The summed E-state index contributed by atoms with van der Waals surface area (Å²) in [6.45, 7) is 7.46. The van der Waals surface area contributed by atoms with Gasteiger partial charge in [-0.3, -0.25) is 13.9 Å². The molecule has 1 N–H and O–H groups in total. The number of carbonyl (C=O) groups is 2. The summed E-state index contributed by atoms with van der Waals surface area (Å²) in [6, 6.07) is 11.6. The van der Waals surface area contributed by atoms with Crippen molar-refractivity contribution in [3.8, 4) is 11.5 Å². The number of hydrogen-bond donors (Lipinski definition) is 1. The van der Waals surface area contributed by atoms with Gasteiger partial charge in [0.2, 0.25) is 28.6 Å². The molecule has 0 spiro atoms. The largest absolute Gasteiger partial charge is 0.454 e. The highest BCUT2D eigenvalue weighted by Gasteiger charge is 2.31. The lowest BCUT2D eigenvalue weighted by molar-refractivity contribution is -0.139. The third-order valence-corrected chi connectivity index (χ3v) is 7.84. The normalized spacial score (nSPS) is 13.2. The monoisotopic (exact) mass is 517 g/mol. The van der Waals surface area contributed by atoms with Crippen molar-refractivity contribution in [2.45, 2.75) is 53.1 Å². The molecule has 9 nitrogen and oxygen atoms in total. The Labute approximate surface area is 213 Å². The smallest absolute Gasteiger partial charge is 0.244 e. The summed E-state index contributed by atoms with van der Waals surface area (Å²) in [5.74, 6) is -0.0336. The minimum absolute atomic E-state index is 0.0488. The fourth-order valence-corrected chi connectivity index (χ4v) is 4.82. The number of unbranched alkanes of at least 4 members (excludes halogenated alkanes) is 1. The first-order chi connectivity index (χ1) is 17.2. The van der Waals surface area contributed by atoms with Crippen LogP contribution in [0.25, 0.3) is 0 Å². The SMILES string of the molecule is CCCCNC(=O)[C@H](C)N(Cc1ccc(C)cc1)C(=O)CN(c1ccc2c(c1)OCO2)S(=O)(=O)CC. The number of nitrogens with one attached hydrogen (secondary N) is 1. The van der Waals surface area contributed by atoms with Crippen LogP contribution in [0.1, 0.15) is 44.7 Å². The average molecular weight is 518 g/mol. The number of carbonyl (C=O) groups excluding carboxylic acids is 2. The number of ether oxygens (including phenoxy) is 2. The van der Waals surface area contributed by atoms with Crippen molar-refractivity contribution in [3.63, 3.8) is 0 Å². The molecule has 1 heterocycles. The fourth-order valence-electron chi connectivity index (χ4n) is 3.77. The second-order valence-electron chi connectivity index (χ2n) is 8.77. The molecule has 0 fully saturated rings. The second kappa shape index (κ2) is 12.1. The lowest BCUT2D eigenvalue weighted by Crippen LogP contribution is -2.51. The van der Waals surface area contributed by atoms with Crippen LogP contribution >= 0.6 is 0 Å². The minimum atomic E-state index is -3.81. The van der Waals surface area contributed by atoms with Gasteiger partial charge in [0.1, 0.15) is 12.6 Å². The molecule has 0 unspecified atom stereocenters. The molecule has 1 aliphatic heterocycles. The number of nitrogens with zero attached hydrogens (tertiary/aromatic N) is 2. The van der Waals surface area contributed by atoms with E-state index in [0.29, 0.717) is 23.7 Å². The summed E-state index contributed by atoms with van der Waals surface area (Å²) in [4.78, 5) is 28.0. The van der Waals surface area contributed by atoms with Gasteiger partial charge in [-0.1, -0.05) is 43.2 Å². The molecule has 196 valence electrons. The number of anilines is 1. The number of rotatable bonds is 12. The minimum Gasteiger partial charge on any atom is -0.454 e. The van der Waals surface area contributed by atoms with Gasteiger partial charge in [0.05, 0.1) is 11.4 Å². The summed E-state index contributed by atoms with van der Waals surface area (Å²) in [7, 11) is -3.81. The Morgan fingerprint density at radius 2 is 1.75 bits per heavy atom. The maximum atomic E-state index is 13.7. The van der Waals surface area contributed by atoms with E-state index in [4.69, 9.17) is 9.47 Å². The average Bonchev–Trinajstić information content (AvgIpc) is 3.34. The zero-order valence-corrected chi connectivity index (χ0v) is 22.1. The van der Waals surface area contributed by atoms with Crippen LogP contribution in [-0.2, 0) is 26.2 Å². The topological polar surface area (TPSA) is 105 Å². The van der Waals surface area contributed by atoms with E-state index in [0.717, 1.165) is 28.3 Å². The van der Waals surface area contributed by atoms with Crippen molar-refractivity contribution < 1.29 is 27.5 Å². The number of aryl methyl sites for hydroxylation is 1. The van der Waals surface area contributed by atoms with Crippen LogP contribution in [0, 0.1) is 6.92 Å². The molecular weight excluding hydrogens is 482 g/mol. The lowest BCUT2D eigenvalue weighted by Gasteiger charge is -2.32. The molecule has 2 aromatic rings. The first-order valence-electron chi connectivity index (χ1n) is 12.2. The van der Waals surface area contributed by atoms with Crippen molar-refractivity contribution in [2.24, 2.45) is 0 Å². The third kappa shape index (κ3) is 6.69. The van der Waals surface area contributed by atoms with Gasteiger partial charge in [-0.25, -0.2) is 8.42 Å². The highest BCUT2D eigenvalue weighted by atomic mass is 32.2. The predicted molar refractivity (Wildman–Crippen MR) is 138 cm³/mol. The van der Waals surface area contributed by atoms with Gasteiger partial charge < -0.3 is 19.7 Å². The quantitative estimate of drug-likeness (QED) is 0.434. The summed E-state index contributed by atoms with van der Waals surface area (Å²) < 4.78 is 37.9. The Hall–Kier alpha value is -3.27. The van der Waals surface area contributed by atoms with Crippen molar-refractivity contribution >= 4 is 27.5 Å². The number of benzene rings is 2. The summed E-state index contributed by atoms with van der Waals surface area (Å²) in [6.07, 6.45) is 1.76. The van der Waals surface area contributed by atoms with Crippen LogP contribution < -0.4 is 19.1 Å². The van der Waals surface area contributed by atoms with E-state index in [-0.39, 0.29) is 25.0 Å². The molecule has 1 aliphatic rings. The Bertz CT molecular complexity index is 1170. The Kier molecular flexibility index (Phi) is 9.19. The maximum Gasteiger partial charge on any atom is 0.244 e. The van der Waals surface area contributed by atoms with Crippen LogP contribution in [-0.4, -0.2) is 56.8 Å². The number of sulfonamides is 1. The molecule has 1 atom stereocenters. The van der Waals surface area contributed by atoms with E-state index >= 15 is 0 Å². The molecular formula is C26H35N3O6S. The Balaban J connectivity index is 1.90. The van der Waals surface area contributed by atoms with Crippen LogP contribution in [0.5, 0.6) is 11.5 Å². The van der Waals surface area contributed by atoms with Gasteiger partial charge in [0.25, 0.3) is 0 Å². The van der Waals surface area contributed by atoms with E-state index in [1.54, 1.807) is 25.1 Å². The highest BCUT2D eigenvalue weighted by molar-refractivity contribution is 7.92. The van der Waals surface area contributed by atoms with Gasteiger partial charge >= 0.3 is 0 Å². The van der Waals surface area contributed by atoms with Crippen molar-refractivity contribution in [2.75, 3.05) is 29.9 Å². The maximum absolute atomic E-state index is 13.7. The Morgan fingerprint density at radius 3 is 2.42 bits per heavy atom. The summed E-state index contributed by atoms with van der Waals surface area (Å²) in [5, 5.41) is 2.87. The van der Waals surface area contributed by atoms with E-state index < -0.39 is 28.5 Å². The van der Waals surface area contributed by atoms with E-state index in [2.05, 4.69) is 5.32 Å². The molecule has 0 saturated heterocycles. The molecule has 0 bridgehead atoms. The first kappa shape index (κ1) is 27.3. The van der Waals surface area contributed by atoms with Crippen molar-refractivity contribution in [1.29, 1.82) is 0 Å². The predicted octanol–water partition coefficient (Wildman–Crippen LogP) is 3.21. The zero-order chi connectivity index (χ0) is 26.3. The van der Waals surface area contributed by atoms with E-state index in [9.17, 15) is 18.0 Å². The molecule has 36 heavy (non-hydrogen) atoms. The highest BCUT2D eigenvalue weighted by Crippen LogP contribution is 2.36. The zero-order valence-electron chi connectivity index (χ0n) is 21.3. The summed E-state index contributed by atoms with van der Waals surface area (Å²) in [5.41, 5.74) is 2.21. The molecule has 0 saturated carbocycles. The van der Waals surface area contributed by atoms with Crippen LogP contribution in [0.3, 0.4) is 0 Å². The molecule has 2 amide bonds. The molecule has 2 aromatic carbocycles. The molecule has 0 radical (unpaired) electrons. The Morgan fingerprint density at radius 1 is 1.06 bits per heavy atom. The van der Waals surface area contributed by atoms with Crippen LogP contribution in [0.4, 0.5) is 5.69 Å². The van der Waals surface area contributed by atoms with Gasteiger partial charge in [-0.15, -0.1) is 0 Å². The van der Waals surface area contributed by atoms with E-state index in [1.165, 1.54) is 11.8 Å². The molecule has 10 heteroatoms. The second-order valence-corrected chi connectivity index (χ2v) is 11.0. The lowest BCUT2D eigenvalue weighted by atomic mass is 10.1. The molecule has 0 aromatic heterocycles. The fraction of sp³-hybridized carbons (Fsp3) is 0.462. The third-order valence-electron chi connectivity index (χ3n) is 6.09. The number of hydrogen-bond acceptors (Lipinski definition) is 6. The number of fused-ring (bicyclic) bond motifs is 1. The van der Waals surface area contributed by atoms with Gasteiger partial charge in [-0.2, -0.15) is 0 Å². The van der Waals surface area contributed by atoms with Crippen molar-refractivity contribution in [3.05, 3.63) is 53.6 Å². The van der Waals surface area contributed by atoms with Gasteiger partial charge in [0, 0.05) is 19.2 Å². The van der Waals surface area contributed by atoms with Crippen LogP contribution in [0.15, 0.2) is 42.5 Å². The number of amides is 2. The van der Waals surface area contributed by atoms with Crippen molar-refractivity contribution in [1.82, 2.24) is 10.2 Å². The molecule has 0 aliphatic carbocycles.